The fourth-order valence-electron chi connectivity index (χ4n) is 4.05. The highest BCUT2D eigenvalue weighted by molar-refractivity contribution is 5.94. The van der Waals surface area contributed by atoms with Crippen LogP contribution in [0.15, 0.2) is 55.5 Å². The molecule has 7 nitrogen and oxygen atoms in total. The first kappa shape index (κ1) is 19.3. The van der Waals surface area contributed by atoms with E-state index in [0.29, 0.717) is 0 Å². The maximum absolute atomic E-state index is 4.92. The Balaban J connectivity index is 1.59. The number of aryl methyl sites for hydroxylation is 2. The number of aromatic amines is 2. The molecule has 4 aromatic rings. The van der Waals surface area contributed by atoms with Crippen molar-refractivity contribution in [2.45, 2.75) is 20.3 Å². The van der Waals surface area contributed by atoms with Gasteiger partial charge in [-0.1, -0.05) is 24.8 Å². The Labute approximate surface area is 180 Å². The number of imidazole rings is 2. The number of fused-ring (bicyclic) bond motifs is 1. The van der Waals surface area contributed by atoms with Crippen LogP contribution in [0.2, 0.25) is 0 Å². The van der Waals surface area contributed by atoms with Gasteiger partial charge in [0, 0.05) is 23.8 Å². The van der Waals surface area contributed by atoms with Crippen molar-refractivity contribution in [3.63, 3.8) is 0 Å². The number of rotatable bonds is 5. The summed E-state index contributed by atoms with van der Waals surface area (Å²) in [6.07, 6.45) is 10.8. The first-order chi connectivity index (χ1) is 15.1. The maximum atomic E-state index is 4.92. The first-order valence-electron chi connectivity index (χ1n) is 10.4. The van der Waals surface area contributed by atoms with Crippen molar-refractivity contribution in [2.75, 3.05) is 13.1 Å². The van der Waals surface area contributed by atoms with Gasteiger partial charge >= 0.3 is 0 Å². The molecule has 31 heavy (non-hydrogen) atoms. The molecule has 0 bridgehead atoms. The Hall–Kier alpha value is -3.71. The Morgan fingerprint density at radius 3 is 2.90 bits per heavy atom. The number of benzene rings is 1. The molecule has 0 fully saturated rings. The van der Waals surface area contributed by atoms with Gasteiger partial charge in [0.25, 0.3) is 0 Å². The predicted octanol–water partition coefficient (Wildman–Crippen LogP) is 4.22. The summed E-state index contributed by atoms with van der Waals surface area (Å²) in [6, 6.07) is 6.47. The SMILES string of the molecule is C=C/C=C(\c1nc(-c2n[nH]c3ccc(C4=CCNCC4)cc23)[nH]c1C)n1cnc(C)c1. The fraction of sp³-hybridized carbons (Fsp3) is 0.208. The average Bonchev–Trinajstić information content (AvgIpc) is 3.50. The molecular weight excluding hydrogens is 386 g/mol. The van der Waals surface area contributed by atoms with Crippen molar-refractivity contribution in [3.8, 4) is 11.5 Å². The van der Waals surface area contributed by atoms with E-state index in [1.165, 1.54) is 11.1 Å². The van der Waals surface area contributed by atoms with Gasteiger partial charge in [-0.3, -0.25) is 5.10 Å². The fourth-order valence-corrected chi connectivity index (χ4v) is 4.05. The van der Waals surface area contributed by atoms with Crippen LogP contribution in [0.5, 0.6) is 0 Å². The molecule has 0 saturated carbocycles. The van der Waals surface area contributed by atoms with Crippen LogP contribution in [0.3, 0.4) is 0 Å². The predicted molar refractivity (Wildman–Crippen MR) is 124 cm³/mol. The summed E-state index contributed by atoms with van der Waals surface area (Å²) in [5.74, 6) is 0.738. The van der Waals surface area contributed by atoms with E-state index in [-0.39, 0.29) is 0 Å². The molecule has 0 atom stereocenters. The van der Waals surface area contributed by atoms with Crippen molar-refractivity contribution in [1.82, 2.24) is 35.0 Å². The van der Waals surface area contributed by atoms with Crippen LogP contribution in [0, 0.1) is 13.8 Å². The molecule has 0 spiro atoms. The number of aromatic nitrogens is 6. The summed E-state index contributed by atoms with van der Waals surface area (Å²) in [5, 5.41) is 12.2. The third-order valence-electron chi connectivity index (χ3n) is 5.61. The van der Waals surface area contributed by atoms with Gasteiger partial charge in [0.2, 0.25) is 0 Å². The standard InChI is InChI=1S/C24H25N7/c1-4-5-21(31-13-15(2)26-14-31)22-16(3)27-24(28-22)23-19-12-18(6-7-20(19)29-30-23)17-8-10-25-11-9-17/h4-8,12-14,25H,1,9-11H2,2-3H3,(H,27,28)(H,29,30)/b21-5+. The van der Waals surface area contributed by atoms with Crippen LogP contribution in [0.4, 0.5) is 0 Å². The highest BCUT2D eigenvalue weighted by atomic mass is 15.1. The van der Waals surface area contributed by atoms with E-state index in [1.807, 2.05) is 30.7 Å². The number of nitrogens with one attached hydrogen (secondary N) is 3. The van der Waals surface area contributed by atoms with E-state index in [1.54, 1.807) is 12.4 Å². The molecular formula is C24H25N7. The minimum absolute atomic E-state index is 0.738. The van der Waals surface area contributed by atoms with Gasteiger partial charge in [-0.15, -0.1) is 0 Å². The zero-order chi connectivity index (χ0) is 21.4. The van der Waals surface area contributed by atoms with Gasteiger partial charge in [-0.05, 0) is 56.2 Å². The summed E-state index contributed by atoms with van der Waals surface area (Å²) in [7, 11) is 0. The molecule has 1 aromatic carbocycles. The smallest absolute Gasteiger partial charge is 0.159 e. The van der Waals surface area contributed by atoms with E-state index >= 15 is 0 Å². The van der Waals surface area contributed by atoms with E-state index in [2.05, 4.69) is 56.3 Å². The van der Waals surface area contributed by atoms with Gasteiger partial charge in [0.1, 0.15) is 11.4 Å². The molecule has 0 aliphatic carbocycles. The van der Waals surface area contributed by atoms with Crippen molar-refractivity contribution in [1.29, 1.82) is 0 Å². The highest BCUT2D eigenvalue weighted by Crippen LogP contribution is 2.31. The molecule has 3 aromatic heterocycles. The van der Waals surface area contributed by atoms with Gasteiger partial charge in [-0.25, -0.2) is 9.97 Å². The Kier molecular flexibility index (Phi) is 4.88. The second-order valence-corrected chi connectivity index (χ2v) is 7.79. The van der Waals surface area contributed by atoms with Crippen LogP contribution in [-0.4, -0.2) is 42.8 Å². The molecule has 0 amide bonds. The maximum Gasteiger partial charge on any atom is 0.159 e. The summed E-state index contributed by atoms with van der Waals surface area (Å²) < 4.78 is 1.97. The number of H-pyrrole nitrogens is 2. The number of hydrogen-bond acceptors (Lipinski definition) is 4. The van der Waals surface area contributed by atoms with Crippen LogP contribution >= 0.6 is 0 Å². The third kappa shape index (κ3) is 3.53. The van der Waals surface area contributed by atoms with E-state index in [0.717, 1.165) is 64.7 Å². The molecule has 0 saturated heterocycles. The van der Waals surface area contributed by atoms with Gasteiger partial charge < -0.3 is 14.9 Å². The molecule has 4 heterocycles. The van der Waals surface area contributed by atoms with E-state index in [9.17, 15) is 0 Å². The summed E-state index contributed by atoms with van der Waals surface area (Å²) in [4.78, 5) is 12.7. The second-order valence-electron chi connectivity index (χ2n) is 7.79. The molecule has 5 rings (SSSR count). The van der Waals surface area contributed by atoms with Crippen LogP contribution in [0.25, 0.3) is 33.7 Å². The summed E-state index contributed by atoms with van der Waals surface area (Å²) in [5.41, 5.74) is 8.09. The summed E-state index contributed by atoms with van der Waals surface area (Å²) in [6.45, 7) is 9.78. The lowest BCUT2D eigenvalue weighted by molar-refractivity contribution is 0.739. The van der Waals surface area contributed by atoms with Crippen molar-refractivity contribution in [2.24, 2.45) is 0 Å². The van der Waals surface area contributed by atoms with Gasteiger partial charge in [0.05, 0.1) is 23.2 Å². The molecule has 1 aliphatic heterocycles. The Morgan fingerprint density at radius 1 is 1.26 bits per heavy atom. The third-order valence-corrected chi connectivity index (χ3v) is 5.61. The summed E-state index contributed by atoms with van der Waals surface area (Å²) >= 11 is 0. The lowest BCUT2D eigenvalue weighted by atomic mass is 9.98. The Bertz CT molecular complexity index is 1330. The highest BCUT2D eigenvalue weighted by Gasteiger charge is 2.18. The second kappa shape index (κ2) is 7.85. The van der Waals surface area contributed by atoms with Gasteiger partial charge in [0.15, 0.2) is 5.82 Å². The zero-order valence-corrected chi connectivity index (χ0v) is 17.7. The van der Waals surface area contributed by atoms with Crippen molar-refractivity contribution < 1.29 is 0 Å². The molecule has 1 aliphatic rings. The lowest BCUT2D eigenvalue weighted by Gasteiger charge is -2.14. The first-order valence-corrected chi connectivity index (χ1v) is 10.4. The van der Waals surface area contributed by atoms with Crippen LogP contribution in [0.1, 0.15) is 29.1 Å². The zero-order valence-electron chi connectivity index (χ0n) is 17.7. The minimum Gasteiger partial charge on any atom is -0.340 e. The quantitative estimate of drug-likeness (QED) is 0.429. The van der Waals surface area contributed by atoms with Gasteiger partial charge in [-0.2, -0.15) is 5.10 Å². The Morgan fingerprint density at radius 2 is 2.16 bits per heavy atom. The molecule has 0 unspecified atom stereocenters. The normalized spacial score (nSPS) is 14.8. The minimum atomic E-state index is 0.738. The monoisotopic (exact) mass is 411 g/mol. The molecule has 0 radical (unpaired) electrons. The van der Waals surface area contributed by atoms with Crippen LogP contribution in [-0.2, 0) is 0 Å². The van der Waals surface area contributed by atoms with Crippen LogP contribution < -0.4 is 5.32 Å². The van der Waals surface area contributed by atoms with Crippen molar-refractivity contribution >= 4 is 22.2 Å². The van der Waals surface area contributed by atoms with Crippen molar-refractivity contribution in [3.05, 3.63) is 78.2 Å². The largest absolute Gasteiger partial charge is 0.340 e. The molecule has 3 N–H and O–H groups in total. The average molecular weight is 412 g/mol. The topological polar surface area (TPSA) is 87.2 Å². The van der Waals surface area contributed by atoms with E-state index < -0.39 is 0 Å². The number of nitrogens with zero attached hydrogens (tertiary/aromatic N) is 4. The molecule has 7 heteroatoms. The van der Waals surface area contributed by atoms with E-state index in [4.69, 9.17) is 4.98 Å². The number of hydrogen-bond donors (Lipinski definition) is 3. The lowest BCUT2D eigenvalue weighted by Crippen LogP contribution is -2.19. The number of allylic oxidation sites excluding steroid dienone is 2. The molecule has 156 valence electrons.